The fourth-order valence-corrected chi connectivity index (χ4v) is 3.89. The molecular formula is C21H28N4O. The highest BCUT2D eigenvalue weighted by molar-refractivity contribution is 5.37. The largest absolute Gasteiger partial charge is 0.383 e. The van der Waals surface area contributed by atoms with Crippen molar-refractivity contribution in [1.82, 2.24) is 14.5 Å². The van der Waals surface area contributed by atoms with Crippen molar-refractivity contribution >= 4 is 0 Å². The number of nitrogens with zero attached hydrogens (tertiary/aromatic N) is 4. The Morgan fingerprint density at radius 1 is 1.35 bits per heavy atom. The molecular weight excluding hydrogens is 324 g/mol. The number of piperidine rings is 1. The van der Waals surface area contributed by atoms with Crippen molar-refractivity contribution in [1.29, 1.82) is 5.26 Å². The average Bonchev–Trinajstić information content (AvgIpc) is 3.00. The van der Waals surface area contributed by atoms with E-state index in [4.69, 9.17) is 4.74 Å². The molecule has 0 saturated carbocycles. The van der Waals surface area contributed by atoms with E-state index in [1.165, 1.54) is 24.4 Å². The van der Waals surface area contributed by atoms with Gasteiger partial charge in [0, 0.05) is 45.1 Å². The monoisotopic (exact) mass is 352 g/mol. The van der Waals surface area contributed by atoms with Gasteiger partial charge in [0.15, 0.2) is 0 Å². The molecule has 1 aromatic heterocycles. The highest BCUT2D eigenvalue weighted by atomic mass is 16.5. The molecule has 3 rings (SSSR count). The maximum atomic E-state index is 9.31. The van der Waals surface area contributed by atoms with Gasteiger partial charge in [-0.05, 0) is 43.9 Å². The Hall–Kier alpha value is -2.16. The van der Waals surface area contributed by atoms with Crippen LogP contribution in [0.25, 0.3) is 0 Å². The molecule has 0 spiro atoms. The van der Waals surface area contributed by atoms with E-state index in [9.17, 15) is 5.26 Å². The summed E-state index contributed by atoms with van der Waals surface area (Å²) in [4.78, 5) is 7.13. The summed E-state index contributed by atoms with van der Waals surface area (Å²) in [5, 5.41) is 9.31. The third-order valence-electron chi connectivity index (χ3n) is 5.26. The summed E-state index contributed by atoms with van der Waals surface area (Å²) in [7, 11) is 1.74. The van der Waals surface area contributed by atoms with Gasteiger partial charge in [-0.3, -0.25) is 4.90 Å². The zero-order chi connectivity index (χ0) is 18.4. The van der Waals surface area contributed by atoms with Crippen LogP contribution >= 0.6 is 0 Å². The van der Waals surface area contributed by atoms with Gasteiger partial charge in [0.25, 0.3) is 0 Å². The maximum absolute atomic E-state index is 9.31. The smallest absolute Gasteiger partial charge is 0.109 e. The SMILES string of the molecule is COCCn1c(C)cnc1CC1CCCN(Cc2ccccc2C#N)C1. The number of aromatic nitrogens is 2. The van der Waals surface area contributed by atoms with Crippen molar-refractivity contribution in [2.24, 2.45) is 5.92 Å². The summed E-state index contributed by atoms with van der Waals surface area (Å²) in [6.45, 7) is 6.72. The van der Waals surface area contributed by atoms with Crippen molar-refractivity contribution < 1.29 is 4.74 Å². The Morgan fingerprint density at radius 3 is 3.00 bits per heavy atom. The number of likely N-dealkylation sites (tertiary alicyclic amines) is 1. The number of rotatable bonds is 7. The van der Waals surface area contributed by atoms with E-state index in [1.807, 2.05) is 24.4 Å². The Morgan fingerprint density at radius 2 is 2.19 bits per heavy atom. The predicted molar refractivity (Wildman–Crippen MR) is 102 cm³/mol. The number of benzene rings is 1. The van der Waals surface area contributed by atoms with Crippen molar-refractivity contribution in [3.05, 3.63) is 53.1 Å². The number of aryl methyl sites for hydroxylation is 1. The zero-order valence-corrected chi connectivity index (χ0v) is 15.8. The number of methoxy groups -OCH3 is 1. The lowest BCUT2D eigenvalue weighted by molar-refractivity contribution is 0.162. The van der Waals surface area contributed by atoms with Gasteiger partial charge in [-0.15, -0.1) is 0 Å². The lowest BCUT2D eigenvalue weighted by Gasteiger charge is -2.33. The van der Waals surface area contributed by atoms with E-state index in [1.54, 1.807) is 7.11 Å². The molecule has 26 heavy (non-hydrogen) atoms. The van der Waals surface area contributed by atoms with E-state index >= 15 is 0 Å². The molecule has 138 valence electrons. The van der Waals surface area contributed by atoms with E-state index in [0.717, 1.165) is 43.7 Å². The Labute approximate surface area is 156 Å². The Balaban J connectivity index is 1.63. The number of nitriles is 1. The first kappa shape index (κ1) is 18.6. The third-order valence-corrected chi connectivity index (χ3v) is 5.26. The van der Waals surface area contributed by atoms with Crippen LogP contribution in [0.5, 0.6) is 0 Å². The molecule has 0 bridgehead atoms. The molecule has 1 aliphatic rings. The number of ether oxygens (including phenoxy) is 1. The maximum Gasteiger partial charge on any atom is 0.109 e. The van der Waals surface area contributed by atoms with Crippen LogP contribution in [0.4, 0.5) is 0 Å². The molecule has 5 nitrogen and oxygen atoms in total. The predicted octanol–water partition coefficient (Wildman–Crippen LogP) is 3.16. The van der Waals surface area contributed by atoms with Gasteiger partial charge >= 0.3 is 0 Å². The fourth-order valence-electron chi connectivity index (χ4n) is 3.89. The topological polar surface area (TPSA) is 54.1 Å². The Bertz CT molecular complexity index is 762. The van der Waals surface area contributed by atoms with Gasteiger partial charge in [-0.1, -0.05) is 18.2 Å². The van der Waals surface area contributed by atoms with Crippen molar-refractivity contribution in [3.8, 4) is 6.07 Å². The number of hydrogen-bond acceptors (Lipinski definition) is 4. The van der Waals surface area contributed by atoms with Crippen LogP contribution in [-0.4, -0.2) is 41.3 Å². The first-order chi connectivity index (χ1) is 12.7. The van der Waals surface area contributed by atoms with Crippen LogP contribution in [0, 0.1) is 24.2 Å². The van der Waals surface area contributed by atoms with Crippen molar-refractivity contribution in [3.63, 3.8) is 0 Å². The van der Waals surface area contributed by atoms with Crippen LogP contribution in [0.3, 0.4) is 0 Å². The number of imidazole rings is 1. The fraction of sp³-hybridized carbons (Fsp3) is 0.524. The lowest BCUT2D eigenvalue weighted by atomic mass is 9.93. The van der Waals surface area contributed by atoms with Gasteiger partial charge in [0.05, 0.1) is 18.2 Å². The van der Waals surface area contributed by atoms with Crippen LogP contribution < -0.4 is 0 Å². The van der Waals surface area contributed by atoms with Gasteiger partial charge in [-0.2, -0.15) is 5.26 Å². The van der Waals surface area contributed by atoms with E-state index in [2.05, 4.69) is 33.5 Å². The van der Waals surface area contributed by atoms with Gasteiger partial charge in [0.2, 0.25) is 0 Å². The highest BCUT2D eigenvalue weighted by Crippen LogP contribution is 2.23. The molecule has 0 aliphatic carbocycles. The second kappa shape index (κ2) is 8.98. The van der Waals surface area contributed by atoms with Crippen LogP contribution in [0.15, 0.2) is 30.5 Å². The van der Waals surface area contributed by atoms with Gasteiger partial charge < -0.3 is 9.30 Å². The molecule has 5 heteroatoms. The molecule has 1 fully saturated rings. The molecule has 1 aromatic carbocycles. The normalized spacial score (nSPS) is 18.0. The number of hydrogen-bond donors (Lipinski definition) is 0. The summed E-state index contributed by atoms with van der Waals surface area (Å²) in [6, 6.07) is 10.2. The Kier molecular flexibility index (Phi) is 6.43. The molecule has 0 radical (unpaired) electrons. The molecule has 1 aliphatic heterocycles. The summed E-state index contributed by atoms with van der Waals surface area (Å²) >= 11 is 0. The minimum absolute atomic E-state index is 0.612. The first-order valence-electron chi connectivity index (χ1n) is 9.41. The quantitative estimate of drug-likeness (QED) is 0.768. The summed E-state index contributed by atoms with van der Waals surface area (Å²) in [5.41, 5.74) is 3.13. The molecule has 1 saturated heterocycles. The molecule has 1 unspecified atom stereocenters. The summed E-state index contributed by atoms with van der Waals surface area (Å²) < 4.78 is 7.52. The average molecular weight is 352 g/mol. The first-order valence-corrected chi connectivity index (χ1v) is 9.41. The van der Waals surface area contributed by atoms with E-state index in [-0.39, 0.29) is 0 Å². The molecule has 1 atom stereocenters. The minimum Gasteiger partial charge on any atom is -0.383 e. The van der Waals surface area contributed by atoms with E-state index < -0.39 is 0 Å². The lowest BCUT2D eigenvalue weighted by Crippen LogP contribution is -2.36. The van der Waals surface area contributed by atoms with E-state index in [0.29, 0.717) is 12.5 Å². The van der Waals surface area contributed by atoms with Crippen molar-refractivity contribution in [2.45, 2.75) is 39.3 Å². The van der Waals surface area contributed by atoms with Crippen LogP contribution in [-0.2, 0) is 24.2 Å². The summed E-state index contributed by atoms with van der Waals surface area (Å²) in [5.74, 6) is 1.78. The minimum atomic E-state index is 0.612. The van der Waals surface area contributed by atoms with Crippen molar-refractivity contribution in [2.75, 3.05) is 26.8 Å². The molecule has 2 aromatic rings. The van der Waals surface area contributed by atoms with Gasteiger partial charge in [0.1, 0.15) is 5.82 Å². The second-order valence-corrected chi connectivity index (χ2v) is 7.18. The molecule has 0 amide bonds. The molecule has 2 heterocycles. The standard InChI is InChI=1S/C21H28N4O/c1-17-14-23-21(25(17)10-11-26-2)12-18-6-5-9-24(15-18)16-20-8-4-3-7-19(20)13-22/h3-4,7-8,14,18H,5-6,9-12,15-16H2,1-2H3. The highest BCUT2D eigenvalue weighted by Gasteiger charge is 2.22. The summed E-state index contributed by atoms with van der Waals surface area (Å²) in [6.07, 6.45) is 5.42. The third kappa shape index (κ3) is 4.51. The molecule has 0 N–H and O–H groups in total. The van der Waals surface area contributed by atoms with Gasteiger partial charge in [-0.25, -0.2) is 4.98 Å². The second-order valence-electron chi connectivity index (χ2n) is 7.18. The van der Waals surface area contributed by atoms with Crippen LogP contribution in [0.1, 0.15) is 35.5 Å². The van der Waals surface area contributed by atoms with Crippen LogP contribution in [0.2, 0.25) is 0 Å². The zero-order valence-electron chi connectivity index (χ0n) is 15.8.